The van der Waals surface area contributed by atoms with E-state index in [2.05, 4.69) is 31.9 Å². The normalized spacial score (nSPS) is 8.75. The van der Waals surface area contributed by atoms with Crippen molar-refractivity contribution in [3.63, 3.8) is 0 Å². The van der Waals surface area contributed by atoms with Gasteiger partial charge in [0.15, 0.2) is 0 Å². The highest BCUT2D eigenvalue weighted by atomic mass is 79.9. The van der Waals surface area contributed by atoms with E-state index in [0.29, 0.717) is 14.6 Å². The fraction of sp³-hybridized carbons (Fsp3) is 0.250. The third-order valence-electron chi connectivity index (χ3n) is 1.04. The summed E-state index contributed by atoms with van der Waals surface area (Å²) < 4.78 is 13.6. The summed E-state index contributed by atoms with van der Waals surface area (Å²) in [6.07, 6.45) is 0. The molecule has 0 heterocycles. The quantitative estimate of drug-likeness (QED) is 0.721. The maximum Gasteiger partial charge on any atom is 0.125 e. The van der Waals surface area contributed by atoms with Gasteiger partial charge in [0.25, 0.3) is 0 Å². The van der Waals surface area contributed by atoms with Crippen molar-refractivity contribution in [2.75, 3.05) is 5.73 Å². The lowest BCUT2D eigenvalue weighted by Crippen LogP contribution is -1.89. The summed E-state index contributed by atoms with van der Waals surface area (Å²) in [6.45, 7) is 4.00. The van der Waals surface area contributed by atoms with Gasteiger partial charge in [0.2, 0.25) is 0 Å². The van der Waals surface area contributed by atoms with Crippen molar-refractivity contribution in [3.8, 4) is 0 Å². The molecule has 0 saturated heterocycles. The van der Waals surface area contributed by atoms with Gasteiger partial charge in [-0.05, 0) is 44.0 Å². The van der Waals surface area contributed by atoms with Gasteiger partial charge in [0, 0.05) is 8.95 Å². The minimum atomic E-state index is -0.312. The van der Waals surface area contributed by atoms with Crippen LogP contribution in [-0.4, -0.2) is 0 Å². The molecule has 0 amide bonds. The van der Waals surface area contributed by atoms with Crippen molar-refractivity contribution >= 4 is 37.5 Å². The molecule has 4 heteroatoms. The Morgan fingerprint density at radius 3 is 1.83 bits per heavy atom. The van der Waals surface area contributed by atoms with Gasteiger partial charge < -0.3 is 5.73 Å². The van der Waals surface area contributed by atoms with Crippen molar-refractivity contribution in [1.82, 2.24) is 0 Å². The van der Waals surface area contributed by atoms with Gasteiger partial charge >= 0.3 is 0 Å². The summed E-state index contributed by atoms with van der Waals surface area (Å²) in [7, 11) is 0. The standard InChI is InChI=1S/C6H4Br2FN.C2H6/c7-4-1-3(9)2-5(8)6(4)10;1-2/h1-2H,10H2;1-2H3. The number of halogens is 3. The van der Waals surface area contributed by atoms with Gasteiger partial charge in [0.05, 0.1) is 5.69 Å². The fourth-order valence-corrected chi connectivity index (χ4v) is 1.68. The van der Waals surface area contributed by atoms with Crippen LogP contribution in [0.2, 0.25) is 0 Å². The molecule has 0 aromatic heterocycles. The van der Waals surface area contributed by atoms with E-state index in [4.69, 9.17) is 5.73 Å². The Labute approximate surface area is 88.4 Å². The second-order valence-electron chi connectivity index (χ2n) is 1.78. The first kappa shape index (κ1) is 11.9. The van der Waals surface area contributed by atoms with E-state index < -0.39 is 0 Å². The van der Waals surface area contributed by atoms with Crippen molar-refractivity contribution in [2.45, 2.75) is 13.8 Å². The maximum atomic E-state index is 12.5. The maximum absolute atomic E-state index is 12.5. The Bertz CT molecular complexity index is 240. The molecule has 0 atom stereocenters. The van der Waals surface area contributed by atoms with E-state index in [1.807, 2.05) is 13.8 Å². The lowest BCUT2D eigenvalue weighted by molar-refractivity contribution is 0.626. The molecular formula is C8H10Br2FN. The van der Waals surface area contributed by atoms with Crippen molar-refractivity contribution in [3.05, 3.63) is 26.9 Å². The largest absolute Gasteiger partial charge is 0.397 e. The lowest BCUT2D eigenvalue weighted by atomic mass is 10.3. The highest BCUT2D eigenvalue weighted by Gasteiger charge is 2.02. The molecule has 1 nitrogen and oxygen atoms in total. The zero-order valence-electron chi connectivity index (χ0n) is 6.87. The number of benzene rings is 1. The molecule has 0 saturated carbocycles. The van der Waals surface area contributed by atoms with Crippen LogP contribution in [0.4, 0.5) is 10.1 Å². The molecule has 0 fully saturated rings. The monoisotopic (exact) mass is 297 g/mol. The number of nitrogen functional groups attached to an aromatic ring is 1. The van der Waals surface area contributed by atoms with Gasteiger partial charge in [-0.25, -0.2) is 4.39 Å². The van der Waals surface area contributed by atoms with E-state index >= 15 is 0 Å². The van der Waals surface area contributed by atoms with E-state index in [0.717, 1.165) is 0 Å². The number of anilines is 1. The van der Waals surface area contributed by atoms with Crippen molar-refractivity contribution < 1.29 is 4.39 Å². The molecule has 68 valence electrons. The highest BCUT2D eigenvalue weighted by molar-refractivity contribution is 9.11. The number of rotatable bonds is 0. The molecule has 0 unspecified atom stereocenters. The van der Waals surface area contributed by atoms with E-state index in [-0.39, 0.29) is 5.82 Å². The Hall–Kier alpha value is -0.0900. The summed E-state index contributed by atoms with van der Waals surface area (Å²) in [6, 6.07) is 2.64. The molecule has 12 heavy (non-hydrogen) atoms. The van der Waals surface area contributed by atoms with Gasteiger partial charge in [-0.2, -0.15) is 0 Å². The SMILES string of the molecule is CC.Nc1c(Br)cc(F)cc1Br. The van der Waals surface area contributed by atoms with Gasteiger partial charge in [-0.15, -0.1) is 0 Å². The fourth-order valence-electron chi connectivity index (χ4n) is 0.553. The third kappa shape index (κ3) is 3.11. The van der Waals surface area contributed by atoms with Crippen LogP contribution in [0, 0.1) is 5.82 Å². The topological polar surface area (TPSA) is 26.0 Å². The first-order valence-electron chi connectivity index (χ1n) is 3.51. The zero-order chi connectivity index (χ0) is 9.72. The molecule has 0 aliphatic rings. The molecule has 0 radical (unpaired) electrons. The van der Waals surface area contributed by atoms with E-state index in [1.54, 1.807) is 0 Å². The summed E-state index contributed by atoms with van der Waals surface area (Å²) in [5, 5.41) is 0. The molecule has 0 aliphatic carbocycles. The number of hydrogen-bond acceptors (Lipinski definition) is 1. The molecule has 0 aliphatic heterocycles. The summed E-state index contributed by atoms with van der Waals surface area (Å²) in [5.41, 5.74) is 6.01. The minimum Gasteiger partial charge on any atom is -0.397 e. The number of hydrogen-bond donors (Lipinski definition) is 1. The second kappa shape index (κ2) is 5.54. The van der Waals surface area contributed by atoms with Crippen LogP contribution in [0.15, 0.2) is 21.1 Å². The van der Waals surface area contributed by atoms with Gasteiger partial charge in [0.1, 0.15) is 5.82 Å². The predicted molar refractivity (Wildman–Crippen MR) is 57.6 cm³/mol. The minimum absolute atomic E-state index is 0.312. The van der Waals surface area contributed by atoms with Crippen LogP contribution in [0.1, 0.15) is 13.8 Å². The van der Waals surface area contributed by atoms with Crippen LogP contribution in [0.3, 0.4) is 0 Å². The lowest BCUT2D eigenvalue weighted by Gasteiger charge is -1.99. The first-order valence-corrected chi connectivity index (χ1v) is 5.10. The number of nitrogens with two attached hydrogens (primary N) is 1. The Balaban J connectivity index is 0.000000561. The molecule has 1 rings (SSSR count). The third-order valence-corrected chi connectivity index (χ3v) is 2.36. The molecule has 2 N–H and O–H groups in total. The van der Waals surface area contributed by atoms with Crippen molar-refractivity contribution in [2.24, 2.45) is 0 Å². The van der Waals surface area contributed by atoms with Crippen molar-refractivity contribution in [1.29, 1.82) is 0 Å². The van der Waals surface area contributed by atoms with Crippen LogP contribution in [0.25, 0.3) is 0 Å². The zero-order valence-corrected chi connectivity index (χ0v) is 10.0. The molecule has 1 aromatic rings. The Kier molecular flexibility index (Phi) is 5.50. The van der Waals surface area contributed by atoms with Gasteiger partial charge in [-0.1, -0.05) is 13.8 Å². The predicted octanol–water partition coefficient (Wildman–Crippen LogP) is 3.96. The Morgan fingerprint density at radius 2 is 1.50 bits per heavy atom. The average Bonchev–Trinajstić information content (AvgIpc) is 2.04. The molecular weight excluding hydrogens is 289 g/mol. The second-order valence-corrected chi connectivity index (χ2v) is 3.49. The van der Waals surface area contributed by atoms with Gasteiger partial charge in [-0.3, -0.25) is 0 Å². The first-order chi connectivity index (χ1) is 5.61. The molecule has 0 bridgehead atoms. The van der Waals surface area contributed by atoms with Crippen LogP contribution < -0.4 is 5.73 Å². The van der Waals surface area contributed by atoms with Crippen LogP contribution >= 0.6 is 31.9 Å². The summed E-state index contributed by atoms with van der Waals surface area (Å²) >= 11 is 6.20. The Morgan fingerprint density at radius 1 is 1.17 bits per heavy atom. The van der Waals surface area contributed by atoms with E-state index in [9.17, 15) is 4.39 Å². The molecule has 1 aromatic carbocycles. The smallest absolute Gasteiger partial charge is 0.125 e. The average molecular weight is 299 g/mol. The highest BCUT2D eigenvalue weighted by Crippen LogP contribution is 2.28. The summed E-state index contributed by atoms with van der Waals surface area (Å²) in [5.74, 6) is -0.312. The summed E-state index contributed by atoms with van der Waals surface area (Å²) in [4.78, 5) is 0. The van der Waals surface area contributed by atoms with Crippen LogP contribution in [-0.2, 0) is 0 Å². The van der Waals surface area contributed by atoms with Crippen LogP contribution in [0.5, 0.6) is 0 Å². The molecule has 0 spiro atoms. The van der Waals surface area contributed by atoms with E-state index in [1.165, 1.54) is 12.1 Å².